The van der Waals surface area contributed by atoms with E-state index in [0.717, 1.165) is 42.1 Å². The molecule has 1 aliphatic carbocycles. The molecule has 1 fully saturated rings. The molecule has 2 aromatic rings. The molecule has 1 heterocycles. The SMILES string of the molecule is N[C@@H](CCC(=O)O)C(=O)OC1CCCCC1.N[C@@H](Cc1c[nH]c2ccccc12)C(=O)O. The average Bonchev–Trinajstić information content (AvgIpc) is 3.16. The predicted molar refractivity (Wildman–Crippen MR) is 115 cm³/mol. The molecule has 1 saturated carbocycles. The Labute approximate surface area is 180 Å². The molecule has 0 radical (unpaired) electrons. The Morgan fingerprint density at radius 1 is 1.06 bits per heavy atom. The first-order valence-electron chi connectivity index (χ1n) is 10.5. The Hall–Kier alpha value is -2.91. The van der Waals surface area contributed by atoms with E-state index in [-0.39, 0.29) is 18.9 Å². The van der Waals surface area contributed by atoms with Crippen LogP contribution in [0.25, 0.3) is 10.9 Å². The van der Waals surface area contributed by atoms with Gasteiger partial charge in [-0.05, 0) is 43.7 Å². The molecule has 31 heavy (non-hydrogen) atoms. The second kappa shape index (κ2) is 12.1. The number of rotatable bonds is 8. The fourth-order valence-electron chi connectivity index (χ4n) is 3.46. The fourth-order valence-corrected chi connectivity index (χ4v) is 3.46. The van der Waals surface area contributed by atoms with Crippen LogP contribution in [0.1, 0.15) is 50.5 Å². The molecule has 0 bridgehead atoms. The Kier molecular flexibility index (Phi) is 9.48. The van der Waals surface area contributed by atoms with Crippen LogP contribution in [-0.2, 0) is 25.5 Å². The normalized spacial score (nSPS) is 16.1. The second-order valence-electron chi connectivity index (χ2n) is 7.74. The molecule has 2 atom stereocenters. The lowest BCUT2D eigenvalue weighted by Gasteiger charge is -2.23. The summed E-state index contributed by atoms with van der Waals surface area (Å²) in [6.07, 6.45) is 7.35. The molecule has 0 amide bonds. The number of carboxylic acids is 2. The molecular formula is C22H31N3O6. The third-order valence-electron chi connectivity index (χ3n) is 5.24. The number of carboxylic acid groups (broad SMARTS) is 2. The van der Waals surface area contributed by atoms with E-state index in [1.807, 2.05) is 30.5 Å². The van der Waals surface area contributed by atoms with Crippen molar-refractivity contribution in [2.24, 2.45) is 11.5 Å². The molecular weight excluding hydrogens is 402 g/mol. The lowest BCUT2D eigenvalue weighted by Crippen LogP contribution is -2.36. The lowest BCUT2D eigenvalue weighted by atomic mass is 9.98. The van der Waals surface area contributed by atoms with Crippen LogP contribution in [0.4, 0.5) is 0 Å². The van der Waals surface area contributed by atoms with Gasteiger partial charge in [-0.15, -0.1) is 0 Å². The molecule has 1 aromatic heterocycles. The van der Waals surface area contributed by atoms with Gasteiger partial charge in [-0.3, -0.25) is 14.4 Å². The van der Waals surface area contributed by atoms with Crippen molar-refractivity contribution in [3.05, 3.63) is 36.0 Å². The van der Waals surface area contributed by atoms with Gasteiger partial charge < -0.3 is 31.4 Å². The van der Waals surface area contributed by atoms with Crippen molar-refractivity contribution < 1.29 is 29.3 Å². The van der Waals surface area contributed by atoms with Gasteiger partial charge in [0.1, 0.15) is 18.2 Å². The molecule has 1 aromatic carbocycles. The quantitative estimate of drug-likeness (QED) is 0.394. The van der Waals surface area contributed by atoms with Crippen molar-refractivity contribution >= 4 is 28.8 Å². The minimum absolute atomic E-state index is 0.0165. The van der Waals surface area contributed by atoms with Crippen LogP contribution >= 0.6 is 0 Å². The topological polar surface area (TPSA) is 169 Å². The van der Waals surface area contributed by atoms with Crippen LogP contribution in [0.2, 0.25) is 0 Å². The van der Waals surface area contributed by atoms with Gasteiger partial charge >= 0.3 is 17.9 Å². The number of nitrogens with one attached hydrogen (secondary N) is 1. The summed E-state index contributed by atoms with van der Waals surface area (Å²) in [4.78, 5) is 35.5. The van der Waals surface area contributed by atoms with Crippen molar-refractivity contribution in [3.63, 3.8) is 0 Å². The Morgan fingerprint density at radius 3 is 2.39 bits per heavy atom. The average molecular weight is 434 g/mol. The molecule has 7 N–H and O–H groups in total. The maximum absolute atomic E-state index is 11.5. The summed E-state index contributed by atoms with van der Waals surface area (Å²) >= 11 is 0. The number of benzene rings is 1. The minimum atomic E-state index is -0.972. The highest BCUT2D eigenvalue weighted by molar-refractivity contribution is 5.84. The Morgan fingerprint density at radius 2 is 1.74 bits per heavy atom. The number of carbonyl (C=O) groups is 3. The first-order chi connectivity index (χ1) is 14.8. The van der Waals surface area contributed by atoms with Crippen LogP contribution in [0.3, 0.4) is 0 Å². The zero-order chi connectivity index (χ0) is 22.8. The van der Waals surface area contributed by atoms with E-state index in [0.29, 0.717) is 6.42 Å². The highest BCUT2D eigenvalue weighted by Gasteiger charge is 2.22. The molecule has 0 spiro atoms. The first-order valence-corrected chi connectivity index (χ1v) is 10.5. The van der Waals surface area contributed by atoms with E-state index in [4.69, 9.17) is 26.4 Å². The van der Waals surface area contributed by atoms with Gasteiger partial charge in [-0.1, -0.05) is 24.6 Å². The molecule has 9 heteroatoms. The zero-order valence-corrected chi connectivity index (χ0v) is 17.5. The van der Waals surface area contributed by atoms with E-state index >= 15 is 0 Å². The Balaban J connectivity index is 0.000000220. The van der Waals surface area contributed by atoms with Crippen molar-refractivity contribution in [1.82, 2.24) is 4.98 Å². The molecule has 170 valence electrons. The smallest absolute Gasteiger partial charge is 0.323 e. The van der Waals surface area contributed by atoms with E-state index in [1.165, 1.54) is 6.42 Å². The lowest BCUT2D eigenvalue weighted by molar-refractivity contribution is -0.152. The molecule has 9 nitrogen and oxygen atoms in total. The van der Waals surface area contributed by atoms with Gasteiger partial charge in [0.25, 0.3) is 0 Å². The molecule has 0 unspecified atom stereocenters. The van der Waals surface area contributed by atoms with Gasteiger partial charge in [0.05, 0.1) is 0 Å². The number of aromatic amines is 1. The number of ether oxygens (including phenoxy) is 1. The van der Waals surface area contributed by atoms with Crippen molar-refractivity contribution in [1.29, 1.82) is 0 Å². The number of esters is 1. The van der Waals surface area contributed by atoms with Gasteiger partial charge in [-0.2, -0.15) is 0 Å². The summed E-state index contributed by atoms with van der Waals surface area (Å²) in [6.45, 7) is 0. The van der Waals surface area contributed by atoms with Gasteiger partial charge in [0.2, 0.25) is 0 Å². The maximum atomic E-state index is 11.5. The van der Waals surface area contributed by atoms with Crippen LogP contribution in [0.15, 0.2) is 30.5 Å². The highest BCUT2D eigenvalue weighted by atomic mass is 16.5. The third kappa shape index (κ3) is 8.03. The number of hydrogen-bond acceptors (Lipinski definition) is 6. The third-order valence-corrected chi connectivity index (χ3v) is 5.24. The number of nitrogens with two attached hydrogens (primary N) is 2. The van der Waals surface area contributed by atoms with Gasteiger partial charge in [0, 0.05) is 29.9 Å². The number of aliphatic carboxylic acids is 2. The monoisotopic (exact) mass is 433 g/mol. The summed E-state index contributed by atoms with van der Waals surface area (Å²) in [7, 11) is 0. The van der Waals surface area contributed by atoms with Gasteiger partial charge in [-0.25, -0.2) is 0 Å². The van der Waals surface area contributed by atoms with Crippen LogP contribution in [0, 0.1) is 0 Å². The van der Waals surface area contributed by atoms with E-state index in [1.54, 1.807) is 0 Å². The zero-order valence-electron chi connectivity index (χ0n) is 17.5. The molecule has 0 aliphatic heterocycles. The van der Waals surface area contributed by atoms with Gasteiger partial charge in [0.15, 0.2) is 0 Å². The number of hydrogen-bond donors (Lipinski definition) is 5. The standard InChI is InChI=1S/C11H12N2O2.C11H19NO4/c12-9(11(14)15)5-7-6-13-10-4-2-1-3-8(7)10;12-9(6-7-10(13)14)11(15)16-8-4-2-1-3-5-8/h1-4,6,9,13H,5,12H2,(H,14,15);8-9H,1-7,12H2,(H,13,14)/t2*9-/m00/s1. The summed E-state index contributed by atoms with van der Waals surface area (Å²) in [5.41, 5.74) is 13.0. The first kappa shape index (κ1) is 24.4. The number of fused-ring (bicyclic) bond motifs is 1. The van der Waals surface area contributed by atoms with E-state index < -0.39 is 30.0 Å². The Bertz CT molecular complexity index is 875. The van der Waals surface area contributed by atoms with Crippen molar-refractivity contribution in [2.75, 3.05) is 0 Å². The summed E-state index contributed by atoms with van der Waals surface area (Å²) in [5.74, 6) is -2.38. The molecule has 1 aliphatic rings. The largest absolute Gasteiger partial charge is 0.481 e. The van der Waals surface area contributed by atoms with E-state index in [9.17, 15) is 14.4 Å². The highest BCUT2D eigenvalue weighted by Crippen LogP contribution is 2.21. The van der Waals surface area contributed by atoms with Crippen molar-refractivity contribution in [2.45, 2.75) is 69.6 Å². The fraction of sp³-hybridized carbons (Fsp3) is 0.500. The predicted octanol–water partition coefficient (Wildman–Crippen LogP) is 2.18. The number of aromatic nitrogens is 1. The number of para-hydroxylation sites is 1. The maximum Gasteiger partial charge on any atom is 0.323 e. The van der Waals surface area contributed by atoms with Crippen LogP contribution < -0.4 is 11.5 Å². The summed E-state index contributed by atoms with van der Waals surface area (Å²) in [5, 5.41) is 18.2. The minimum Gasteiger partial charge on any atom is -0.481 e. The van der Waals surface area contributed by atoms with Crippen LogP contribution in [-0.4, -0.2) is 51.3 Å². The second-order valence-corrected chi connectivity index (χ2v) is 7.74. The molecule has 3 rings (SSSR count). The molecule has 0 saturated heterocycles. The summed E-state index contributed by atoms with van der Waals surface area (Å²) in [6, 6.07) is 6.11. The number of H-pyrrole nitrogens is 1. The van der Waals surface area contributed by atoms with Crippen molar-refractivity contribution in [3.8, 4) is 0 Å². The van der Waals surface area contributed by atoms with E-state index in [2.05, 4.69) is 4.98 Å². The summed E-state index contributed by atoms with van der Waals surface area (Å²) < 4.78 is 5.23. The number of carbonyl (C=O) groups excluding carboxylic acids is 1. The van der Waals surface area contributed by atoms with Crippen LogP contribution in [0.5, 0.6) is 0 Å².